The van der Waals surface area contributed by atoms with Crippen molar-refractivity contribution >= 4 is 12.0 Å². The van der Waals surface area contributed by atoms with Crippen molar-refractivity contribution in [1.29, 1.82) is 0 Å². The van der Waals surface area contributed by atoms with Gasteiger partial charge in [-0.3, -0.25) is 14.9 Å². The van der Waals surface area contributed by atoms with Crippen molar-refractivity contribution in [3.63, 3.8) is 0 Å². The van der Waals surface area contributed by atoms with E-state index < -0.39 is 36.1 Å². The number of carboxylic acid groups (broad SMARTS) is 1. The molecule has 2 aliphatic rings. The summed E-state index contributed by atoms with van der Waals surface area (Å²) in [5, 5.41) is 10.5. The normalized spacial score (nSPS) is 26.7. The van der Waals surface area contributed by atoms with Crippen LogP contribution in [-0.4, -0.2) is 44.2 Å². The third-order valence-corrected chi connectivity index (χ3v) is 4.55. The number of amides is 2. The minimum Gasteiger partial charge on any atom is -0.480 e. The number of carboxylic acids is 1. The van der Waals surface area contributed by atoms with Gasteiger partial charge in [0.15, 0.2) is 0 Å². The first-order valence-electron chi connectivity index (χ1n) is 7.79. The van der Waals surface area contributed by atoms with E-state index in [9.17, 15) is 27.9 Å². The zero-order valence-electron chi connectivity index (χ0n) is 13.3. The van der Waals surface area contributed by atoms with Gasteiger partial charge in [-0.05, 0) is 30.4 Å². The lowest BCUT2D eigenvalue weighted by Gasteiger charge is -2.37. The van der Waals surface area contributed by atoms with Crippen LogP contribution in [0.4, 0.5) is 18.0 Å². The number of alkyl halides is 3. The first-order valence-corrected chi connectivity index (χ1v) is 7.79. The average molecular weight is 358 g/mol. The van der Waals surface area contributed by atoms with E-state index in [1.165, 1.54) is 16.0 Å². The Labute approximate surface area is 141 Å². The molecule has 1 unspecified atom stereocenters. The first-order chi connectivity index (χ1) is 11.7. The lowest BCUT2D eigenvalue weighted by atomic mass is 9.92. The minimum absolute atomic E-state index is 0.00394. The Balaban J connectivity index is 1.76. The topological polar surface area (TPSA) is 85.8 Å². The van der Waals surface area contributed by atoms with Crippen molar-refractivity contribution < 1.29 is 27.9 Å². The van der Waals surface area contributed by atoms with Crippen LogP contribution in [0.2, 0.25) is 0 Å². The number of hydrogen-bond acceptors (Lipinski definition) is 4. The molecular weight excluding hydrogens is 341 g/mol. The monoisotopic (exact) mass is 358 g/mol. The molecular formula is C15H17F3N4O3. The van der Waals surface area contributed by atoms with Crippen LogP contribution in [0.3, 0.4) is 0 Å². The molecule has 1 aromatic heterocycles. The van der Waals surface area contributed by atoms with Gasteiger partial charge in [-0.15, -0.1) is 0 Å². The standard InChI is InChI=1S/C15H17F3N4O3/c1-8-2-4-10(13(23)24)22-12(8)20-21(14(22)25)7-9-3-5-11(19-6-9)15(16,17)18/h3,5-6,8,10,12,20H,2,4,7H2,1H3,(H,23,24)/t8-,10-,12?/m1/s1. The molecule has 0 aliphatic carbocycles. The van der Waals surface area contributed by atoms with Crippen molar-refractivity contribution in [2.24, 2.45) is 5.92 Å². The molecule has 0 aromatic carbocycles. The summed E-state index contributed by atoms with van der Waals surface area (Å²) < 4.78 is 37.6. The van der Waals surface area contributed by atoms with Crippen molar-refractivity contribution in [2.45, 2.75) is 44.7 Å². The highest BCUT2D eigenvalue weighted by molar-refractivity contribution is 5.84. The Kier molecular flexibility index (Phi) is 4.31. The number of halogens is 3. The van der Waals surface area contributed by atoms with Crippen molar-refractivity contribution in [2.75, 3.05) is 0 Å². The summed E-state index contributed by atoms with van der Waals surface area (Å²) >= 11 is 0. The Hall–Kier alpha value is -2.36. The number of hydrazine groups is 1. The average Bonchev–Trinajstić information content (AvgIpc) is 2.85. The van der Waals surface area contributed by atoms with E-state index in [1.807, 2.05) is 6.92 Å². The van der Waals surface area contributed by atoms with Crippen LogP contribution in [0.5, 0.6) is 0 Å². The molecule has 0 bridgehead atoms. The maximum Gasteiger partial charge on any atom is 0.433 e. The summed E-state index contributed by atoms with van der Waals surface area (Å²) in [5.41, 5.74) is 2.37. The molecule has 0 radical (unpaired) electrons. The van der Waals surface area contributed by atoms with Gasteiger partial charge in [0.25, 0.3) is 0 Å². The summed E-state index contributed by atoms with van der Waals surface area (Å²) in [7, 11) is 0. The molecule has 0 saturated carbocycles. The van der Waals surface area contributed by atoms with Gasteiger partial charge in [-0.25, -0.2) is 15.0 Å². The SMILES string of the molecule is C[C@@H]1CC[C@H](C(=O)O)N2C(=O)N(Cc3ccc(C(F)(F)F)nc3)NC12. The first kappa shape index (κ1) is 17.5. The molecule has 0 spiro atoms. The second-order valence-corrected chi connectivity index (χ2v) is 6.31. The van der Waals surface area contributed by atoms with E-state index in [4.69, 9.17) is 0 Å². The molecule has 2 amide bonds. The highest BCUT2D eigenvalue weighted by atomic mass is 19.4. The zero-order valence-corrected chi connectivity index (χ0v) is 13.3. The summed E-state index contributed by atoms with van der Waals surface area (Å²) in [6, 6.07) is 0.701. The van der Waals surface area contributed by atoms with Crippen LogP contribution in [0.25, 0.3) is 0 Å². The lowest BCUT2D eigenvalue weighted by molar-refractivity contribution is -0.144. The summed E-state index contributed by atoms with van der Waals surface area (Å²) in [6.07, 6.45) is -2.87. The molecule has 25 heavy (non-hydrogen) atoms. The number of carbonyl (C=O) groups is 2. The van der Waals surface area contributed by atoms with E-state index >= 15 is 0 Å². The summed E-state index contributed by atoms with van der Waals surface area (Å²) in [4.78, 5) is 28.6. The second-order valence-electron chi connectivity index (χ2n) is 6.31. The Morgan fingerprint density at radius 2 is 2.12 bits per heavy atom. The number of urea groups is 1. The van der Waals surface area contributed by atoms with Gasteiger partial charge in [0.2, 0.25) is 0 Å². The predicted molar refractivity (Wildman–Crippen MR) is 78.8 cm³/mol. The smallest absolute Gasteiger partial charge is 0.433 e. The maximum absolute atomic E-state index is 12.6. The summed E-state index contributed by atoms with van der Waals surface area (Å²) in [5.74, 6) is -1.000. The number of fused-ring (bicyclic) bond motifs is 1. The molecule has 136 valence electrons. The van der Waals surface area contributed by atoms with Gasteiger partial charge in [0.05, 0.1) is 6.54 Å². The van der Waals surface area contributed by atoms with Crippen LogP contribution in [0.1, 0.15) is 31.0 Å². The molecule has 2 fully saturated rings. The molecule has 2 saturated heterocycles. The van der Waals surface area contributed by atoms with Crippen molar-refractivity contribution in [1.82, 2.24) is 20.3 Å². The van der Waals surface area contributed by atoms with E-state index in [-0.39, 0.29) is 12.5 Å². The fraction of sp³-hybridized carbons (Fsp3) is 0.533. The van der Waals surface area contributed by atoms with Gasteiger partial charge in [0, 0.05) is 6.20 Å². The molecule has 3 heterocycles. The van der Waals surface area contributed by atoms with Gasteiger partial charge >= 0.3 is 18.2 Å². The third kappa shape index (κ3) is 3.26. The molecule has 2 N–H and O–H groups in total. The van der Waals surface area contributed by atoms with Crippen LogP contribution < -0.4 is 5.43 Å². The number of aromatic nitrogens is 1. The highest BCUT2D eigenvalue weighted by Crippen LogP contribution is 2.32. The van der Waals surface area contributed by atoms with Crippen molar-refractivity contribution in [3.05, 3.63) is 29.6 Å². The maximum atomic E-state index is 12.6. The molecule has 2 aliphatic heterocycles. The van der Waals surface area contributed by atoms with Crippen LogP contribution in [0.15, 0.2) is 18.3 Å². The molecule has 3 atom stereocenters. The molecule has 10 heteroatoms. The number of piperidine rings is 1. The predicted octanol–water partition coefficient (Wildman–Crippen LogP) is 2.05. The number of nitrogens with one attached hydrogen (secondary N) is 1. The number of carbonyl (C=O) groups excluding carboxylic acids is 1. The number of nitrogens with zero attached hydrogens (tertiary/aromatic N) is 3. The van der Waals surface area contributed by atoms with E-state index in [0.29, 0.717) is 18.4 Å². The summed E-state index contributed by atoms with van der Waals surface area (Å²) in [6.45, 7) is 1.91. The van der Waals surface area contributed by atoms with Gasteiger partial charge in [-0.1, -0.05) is 13.0 Å². The number of rotatable bonds is 3. The zero-order chi connectivity index (χ0) is 18.4. The molecule has 3 rings (SSSR count). The van der Waals surface area contributed by atoms with Crippen molar-refractivity contribution in [3.8, 4) is 0 Å². The number of aliphatic carboxylic acids is 1. The van der Waals surface area contributed by atoms with Gasteiger partial charge in [-0.2, -0.15) is 13.2 Å². The largest absolute Gasteiger partial charge is 0.480 e. The van der Waals surface area contributed by atoms with E-state index in [2.05, 4.69) is 10.4 Å². The number of hydrogen-bond donors (Lipinski definition) is 2. The fourth-order valence-electron chi connectivity index (χ4n) is 3.21. The fourth-order valence-corrected chi connectivity index (χ4v) is 3.21. The Morgan fingerprint density at radius 1 is 1.40 bits per heavy atom. The van der Waals surface area contributed by atoms with Crippen LogP contribution in [0, 0.1) is 5.92 Å². The highest BCUT2D eigenvalue weighted by Gasteiger charge is 2.48. The minimum atomic E-state index is -4.52. The molecule has 1 aromatic rings. The van der Waals surface area contributed by atoms with Crippen LogP contribution >= 0.6 is 0 Å². The van der Waals surface area contributed by atoms with Crippen LogP contribution in [-0.2, 0) is 17.5 Å². The van der Waals surface area contributed by atoms with E-state index in [1.54, 1.807) is 0 Å². The Bertz CT molecular complexity index is 680. The number of pyridine rings is 1. The van der Waals surface area contributed by atoms with Gasteiger partial charge in [0.1, 0.15) is 17.9 Å². The molecule has 7 nitrogen and oxygen atoms in total. The Morgan fingerprint density at radius 3 is 2.68 bits per heavy atom. The van der Waals surface area contributed by atoms with Gasteiger partial charge < -0.3 is 5.11 Å². The lowest BCUT2D eigenvalue weighted by Crippen LogP contribution is -2.54. The second kappa shape index (κ2) is 6.17. The van der Waals surface area contributed by atoms with E-state index in [0.717, 1.165) is 12.3 Å². The third-order valence-electron chi connectivity index (χ3n) is 4.55. The quantitative estimate of drug-likeness (QED) is 0.864.